The molecule has 0 saturated carbocycles. The first-order valence-electron chi connectivity index (χ1n) is 10.0. The Hall–Kier alpha value is -1.92. The number of carbonyl (C=O) groups excluding carboxylic acids is 1. The van der Waals surface area contributed by atoms with E-state index in [1.165, 1.54) is 13.0 Å². The zero-order valence-corrected chi connectivity index (χ0v) is 21.3. The van der Waals surface area contributed by atoms with Gasteiger partial charge >= 0.3 is 13.1 Å². The highest BCUT2D eigenvalue weighted by Crippen LogP contribution is 2.37. The number of rotatable bonds is 6. The van der Waals surface area contributed by atoms with E-state index in [9.17, 15) is 22.0 Å². The average Bonchev–Trinajstić information content (AvgIpc) is 2.91. The standard InChI is InChI=1S/C21H22BCl2F2NO6S/c1-11(28)31-10-12-6-13(23)7-17(18(12)24)34(29,30)27-14-8-15(19(26)16(25)9-14)22-32-20(2,3)21(4,5)33-22/h6-9,27H,10H2,1-5H3. The number of anilines is 1. The Labute approximate surface area is 206 Å². The van der Waals surface area contributed by atoms with Crippen molar-refractivity contribution in [2.45, 2.75) is 57.3 Å². The lowest BCUT2D eigenvalue weighted by molar-refractivity contribution is -0.142. The number of esters is 1. The predicted molar refractivity (Wildman–Crippen MR) is 125 cm³/mol. The maximum atomic E-state index is 14.6. The Morgan fingerprint density at radius 1 is 1.09 bits per heavy atom. The maximum Gasteiger partial charge on any atom is 0.498 e. The minimum absolute atomic E-state index is 0.00937. The van der Waals surface area contributed by atoms with Gasteiger partial charge in [-0.05, 0) is 45.9 Å². The number of carbonyl (C=O) groups is 1. The summed E-state index contributed by atoms with van der Waals surface area (Å²) in [5, 5.41) is -0.234. The van der Waals surface area contributed by atoms with Crippen LogP contribution in [0.3, 0.4) is 0 Å². The van der Waals surface area contributed by atoms with Crippen LogP contribution in [0.15, 0.2) is 29.2 Å². The number of sulfonamides is 1. The van der Waals surface area contributed by atoms with E-state index in [2.05, 4.69) is 4.72 Å². The van der Waals surface area contributed by atoms with Crippen LogP contribution in [0.2, 0.25) is 10.0 Å². The number of hydrogen-bond donors (Lipinski definition) is 1. The molecule has 0 aromatic heterocycles. The summed E-state index contributed by atoms with van der Waals surface area (Å²) in [4.78, 5) is 10.7. The van der Waals surface area contributed by atoms with E-state index in [1.54, 1.807) is 27.7 Å². The summed E-state index contributed by atoms with van der Waals surface area (Å²) in [6.07, 6.45) is 0. The Balaban J connectivity index is 1.98. The molecule has 184 valence electrons. The fourth-order valence-electron chi connectivity index (χ4n) is 3.12. The van der Waals surface area contributed by atoms with Crippen molar-refractivity contribution in [1.82, 2.24) is 0 Å². The van der Waals surface area contributed by atoms with Gasteiger partial charge in [0.1, 0.15) is 11.5 Å². The van der Waals surface area contributed by atoms with Crippen molar-refractivity contribution < 1.29 is 36.0 Å². The van der Waals surface area contributed by atoms with Crippen LogP contribution in [0.4, 0.5) is 14.5 Å². The molecule has 3 rings (SSSR count). The number of hydrogen-bond acceptors (Lipinski definition) is 6. The van der Waals surface area contributed by atoms with Gasteiger partial charge in [0, 0.05) is 29.0 Å². The van der Waals surface area contributed by atoms with Crippen LogP contribution < -0.4 is 10.2 Å². The van der Waals surface area contributed by atoms with Crippen LogP contribution in [-0.2, 0) is 35.5 Å². The summed E-state index contributed by atoms with van der Waals surface area (Å²) >= 11 is 12.2. The maximum absolute atomic E-state index is 14.6. The van der Waals surface area contributed by atoms with Gasteiger partial charge in [0.25, 0.3) is 10.0 Å². The van der Waals surface area contributed by atoms with Crippen molar-refractivity contribution in [2.75, 3.05) is 4.72 Å². The smallest absolute Gasteiger partial charge is 0.461 e. The highest BCUT2D eigenvalue weighted by atomic mass is 35.5. The van der Waals surface area contributed by atoms with E-state index in [0.29, 0.717) is 6.07 Å². The van der Waals surface area contributed by atoms with Crippen molar-refractivity contribution >= 4 is 57.5 Å². The van der Waals surface area contributed by atoms with Crippen molar-refractivity contribution in [3.8, 4) is 0 Å². The molecular weight excluding hydrogens is 514 g/mol. The fraction of sp³-hybridized carbons (Fsp3) is 0.381. The molecule has 1 aliphatic heterocycles. The number of halogens is 4. The third kappa shape index (κ3) is 5.33. The molecule has 2 aromatic carbocycles. The summed E-state index contributed by atoms with van der Waals surface area (Å²) in [7, 11) is -5.69. The minimum atomic E-state index is -4.42. The molecule has 1 saturated heterocycles. The zero-order chi connectivity index (χ0) is 25.6. The van der Waals surface area contributed by atoms with E-state index >= 15 is 0 Å². The molecule has 13 heteroatoms. The lowest BCUT2D eigenvalue weighted by Gasteiger charge is -2.32. The van der Waals surface area contributed by atoms with E-state index in [1.807, 2.05) is 0 Å². The molecule has 0 bridgehead atoms. The van der Waals surface area contributed by atoms with Crippen LogP contribution >= 0.6 is 23.2 Å². The fourth-order valence-corrected chi connectivity index (χ4v) is 5.08. The van der Waals surface area contributed by atoms with E-state index < -0.39 is 50.8 Å². The number of ether oxygens (including phenoxy) is 1. The van der Waals surface area contributed by atoms with Crippen LogP contribution in [-0.4, -0.2) is 32.7 Å². The molecule has 1 aliphatic rings. The molecule has 7 nitrogen and oxygen atoms in total. The molecule has 0 unspecified atom stereocenters. The lowest BCUT2D eigenvalue weighted by atomic mass is 9.78. The molecule has 1 N–H and O–H groups in total. The van der Waals surface area contributed by atoms with Gasteiger partial charge in [-0.15, -0.1) is 0 Å². The largest absolute Gasteiger partial charge is 0.498 e. The second-order valence-electron chi connectivity index (χ2n) is 8.71. The first-order chi connectivity index (χ1) is 15.5. The van der Waals surface area contributed by atoms with Crippen LogP contribution in [0.1, 0.15) is 40.2 Å². The van der Waals surface area contributed by atoms with Gasteiger partial charge in [-0.2, -0.15) is 0 Å². The van der Waals surface area contributed by atoms with E-state index in [4.69, 9.17) is 37.2 Å². The Morgan fingerprint density at radius 2 is 1.68 bits per heavy atom. The molecule has 34 heavy (non-hydrogen) atoms. The Bertz CT molecular complexity index is 1240. The van der Waals surface area contributed by atoms with Crippen molar-refractivity contribution in [3.63, 3.8) is 0 Å². The zero-order valence-electron chi connectivity index (χ0n) is 19.0. The molecule has 0 atom stereocenters. The van der Waals surface area contributed by atoms with E-state index in [-0.39, 0.29) is 33.4 Å². The lowest BCUT2D eigenvalue weighted by Crippen LogP contribution is -2.41. The van der Waals surface area contributed by atoms with Gasteiger partial charge in [-0.25, -0.2) is 17.2 Å². The average molecular weight is 536 g/mol. The van der Waals surface area contributed by atoms with Crippen molar-refractivity contribution in [2.24, 2.45) is 0 Å². The monoisotopic (exact) mass is 535 g/mol. The molecule has 1 fully saturated rings. The van der Waals surface area contributed by atoms with Gasteiger partial charge in [-0.1, -0.05) is 23.2 Å². The topological polar surface area (TPSA) is 90.9 Å². The summed E-state index contributed by atoms with van der Waals surface area (Å²) in [6.45, 7) is 7.82. The molecule has 2 aromatic rings. The summed E-state index contributed by atoms with van der Waals surface area (Å²) in [6, 6.07) is 4.19. The second-order valence-corrected chi connectivity index (χ2v) is 11.2. The first kappa shape index (κ1) is 26.7. The molecule has 0 spiro atoms. The highest BCUT2D eigenvalue weighted by Gasteiger charge is 2.52. The van der Waals surface area contributed by atoms with Gasteiger partial charge in [0.05, 0.1) is 21.9 Å². The Kier molecular flexibility index (Phi) is 7.28. The van der Waals surface area contributed by atoms with Crippen LogP contribution in [0.25, 0.3) is 0 Å². The van der Waals surface area contributed by atoms with Gasteiger partial charge in [0.2, 0.25) is 0 Å². The van der Waals surface area contributed by atoms with Crippen molar-refractivity contribution in [1.29, 1.82) is 0 Å². The highest BCUT2D eigenvalue weighted by molar-refractivity contribution is 7.92. The molecule has 1 heterocycles. The molecular formula is C21H22BCl2F2NO6S. The van der Waals surface area contributed by atoms with Gasteiger partial charge in [-0.3, -0.25) is 9.52 Å². The SMILES string of the molecule is CC(=O)OCc1cc(Cl)cc(S(=O)(=O)Nc2cc(F)c(F)c(B3OC(C)(C)C(C)(C)O3)c2)c1Cl. The van der Waals surface area contributed by atoms with Crippen LogP contribution in [0, 0.1) is 11.6 Å². The first-order valence-corrected chi connectivity index (χ1v) is 12.3. The van der Waals surface area contributed by atoms with E-state index in [0.717, 1.165) is 12.1 Å². The number of benzene rings is 2. The van der Waals surface area contributed by atoms with Gasteiger partial charge in [0.15, 0.2) is 11.6 Å². The predicted octanol–water partition coefficient (Wildman–Crippen LogP) is 4.43. The summed E-state index contributed by atoms with van der Waals surface area (Å²) in [5.41, 5.74) is -2.12. The quantitative estimate of drug-likeness (QED) is 0.434. The normalized spacial score (nSPS) is 17.0. The summed E-state index contributed by atoms with van der Waals surface area (Å²) in [5.74, 6) is -3.14. The minimum Gasteiger partial charge on any atom is -0.461 e. The molecule has 0 radical (unpaired) electrons. The Morgan fingerprint density at radius 3 is 2.24 bits per heavy atom. The third-order valence-electron chi connectivity index (χ3n) is 5.62. The van der Waals surface area contributed by atoms with Crippen molar-refractivity contribution in [3.05, 3.63) is 51.5 Å². The molecule has 0 amide bonds. The molecule has 0 aliphatic carbocycles. The third-order valence-corrected chi connectivity index (χ3v) is 7.80. The summed E-state index contributed by atoms with van der Waals surface area (Å²) < 4.78 is 73.7. The van der Waals surface area contributed by atoms with Gasteiger partial charge < -0.3 is 14.0 Å². The second kappa shape index (κ2) is 9.27. The van der Waals surface area contributed by atoms with Crippen LogP contribution in [0.5, 0.6) is 0 Å². The number of nitrogens with one attached hydrogen (secondary N) is 1.